The summed E-state index contributed by atoms with van der Waals surface area (Å²) < 4.78 is 43.3. The van der Waals surface area contributed by atoms with Gasteiger partial charge in [-0.05, 0) is 31.2 Å². The molecule has 2 aromatic carbocycles. The lowest BCUT2D eigenvalue weighted by Gasteiger charge is -2.50. The number of carbonyl (C=O) groups is 2. The van der Waals surface area contributed by atoms with Gasteiger partial charge in [0.05, 0.1) is 17.5 Å². The summed E-state index contributed by atoms with van der Waals surface area (Å²) in [6.45, 7) is 3.04. The van der Waals surface area contributed by atoms with Gasteiger partial charge in [-0.2, -0.15) is 0 Å². The number of amides is 3. The fourth-order valence-corrected chi connectivity index (χ4v) is 3.80. The lowest BCUT2D eigenvalue weighted by Crippen LogP contribution is -2.69. The van der Waals surface area contributed by atoms with Crippen molar-refractivity contribution < 1.29 is 22.8 Å². The highest BCUT2D eigenvalue weighted by molar-refractivity contribution is 6.16. The van der Waals surface area contributed by atoms with E-state index in [2.05, 4.69) is 17.2 Å². The van der Waals surface area contributed by atoms with E-state index in [4.69, 9.17) is 0 Å². The van der Waals surface area contributed by atoms with Crippen LogP contribution in [0.1, 0.15) is 24.5 Å². The topological polar surface area (TPSA) is 52.7 Å². The number of rotatable bonds is 1. The molecule has 4 rings (SSSR count). The average Bonchev–Trinajstić information content (AvgIpc) is 2.69. The van der Waals surface area contributed by atoms with E-state index in [1.165, 1.54) is 23.1 Å². The van der Waals surface area contributed by atoms with E-state index in [9.17, 15) is 22.8 Å². The van der Waals surface area contributed by atoms with Crippen molar-refractivity contribution in [3.8, 4) is 11.8 Å². The van der Waals surface area contributed by atoms with E-state index in [0.29, 0.717) is 24.5 Å². The Kier molecular flexibility index (Phi) is 5.00. The van der Waals surface area contributed by atoms with Gasteiger partial charge in [-0.25, -0.2) is 22.9 Å². The molecule has 1 unspecified atom stereocenters. The number of nitrogens with one attached hydrogen (secondary N) is 1. The number of hydrogen-bond acceptors (Lipinski definition) is 3. The highest BCUT2D eigenvalue weighted by Gasteiger charge is 2.49. The van der Waals surface area contributed by atoms with Crippen LogP contribution in [-0.4, -0.2) is 42.0 Å². The van der Waals surface area contributed by atoms with E-state index in [1.807, 2.05) is 0 Å². The zero-order valence-electron chi connectivity index (χ0n) is 16.1. The Morgan fingerprint density at radius 3 is 2.43 bits per heavy atom. The van der Waals surface area contributed by atoms with Crippen molar-refractivity contribution in [2.45, 2.75) is 18.9 Å². The van der Waals surface area contributed by atoms with Gasteiger partial charge < -0.3 is 10.2 Å². The van der Waals surface area contributed by atoms with Crippen LogP contribution in [0, 0.1) is 29.3 Å². The summed E-state index contributed by atoms with van der Waals surface area (Å²) in [5.41, 5.74) is -1.41. The first-order valence-corrected chi connectivity index (χ1v) is 9.41. The van der Waals surface area contributed by atoms with Gasteiger partial charge in [0.15, 0.2) is 11.6 Å². The largest absolute Gasteiger partial charge is 0.332 e. The Labute approximate surface area is 171 Å². The Balaban J connectivity index is 1.68. The second kappa shape index (κ2) is 7.50. The molecule has 2 aromatic rings. The van der Waals surface area contributed by atoms with Crippen LogP contribution in [0.15, 0.2) is 36.4 Å². The number of carbonyl (C=O) groups excluding carboxylic acids is 2. The van der Waals surface area contributed by atoms with Gasteiger partial charge >= 0.3 is 6.03 Å². The number of hydrogen-bond donors (Lipinski definition) is 1. The molecular weight excluding hydrogens is 395 g/mol. The van der Waals surface area contributed by atoms with Crippen LogP contribution in [0.5, 0.6) is 0 Å². The maximum Gasteiger partial charge on any atom is 0.332 e. The van der Waals surface area contributed by atoms with Gasteiger partial charge in [0.25, 0.3) is 0 Å². The van der Waals surface area contributed by atoms with Gasteiger partial charge in [-0.15, -0.1) is 0 Å². The van der Waals surface area contributed by atoms with Gasteiger partial charge in [0.1, 0.15) is 11.5 Å². The first-order chi connectivity index (χ1) is 14.3. The Bertz CT molecular complexity index is 1090. The molecule has 2 saturated heterocycles. The van der Waals surface area contributed by atoms with Crippen LogP contribution in [-0.2, 0) is 4.79 Å². The van der Waals surface area contributed by atoms with E-state index in [0.717, 1.165) is 12.1 Å². The van der Waals surface area contributed by atoms with Crippen molar-refractivity contribution in [2.75, 3.05) is 24.5 Å². The van der Waals surface area contributed by atoms with E-state index in [1.54, 1.807) is 13.0 Å². The molecule has 3 amide bonds. The molecule has 0 spiro atoms. The molecular formula is C22H18F3N3O2. The molecule has 1 atom stereocenters. The van der Waals surface area contributed by atoms with Crippen molar-refractivity contribution in [3.05, 3.63) is 65.0 Å². The maximum absolute atomic E-state index is 14.8. The van der Waals surface area contributed by atoms with Crippen molar-refractivity contribution in [2.24, 2.45) is 0 Å². The standard InChI is InChI=1S/C22H18F3N3O2/c1-22-12-19(29)28(21(30)27(22)9-8-26-13-22)20-17(24)10-14(11-18(20)25)6-7-15-4-2-3-5-16(15)23/h2-5,10-11,26H,8-9,12-13H2,1H3. The second-order valence-corrected chi connectivity index (χ2v) is 7.53. The quantitative estimate of drug-likeness (QED) is 0.732. The molecule has 2 aliphatic rings. The zero-order valence-corrected chi connectivity index (χ0v) is 16.1. The molecule has 8 heteroatoms. The van der Waals surface area contributed by atoms with Gasteiger partial charge in [0, 0.05) is 25.2 Å². The number of benzene rings is 2. The molecule has 0 aromatic heterocycles. The van der Waals surface area contributed by atoms with Crippen molar-refractivity contribution in [1.29, 1.82) is 0 Å². The van der Waals surface area contributed by atoms with Crippen LogP contribution in [0.25, 0.3) is 0 Å². The van der Waals surface area contributed by atoms with Gasteiger partial charge in [0.2, 0.25) is 5.91 Å². The van der Waals surface area contributed by atoms with Crippen molar-refractivity contribution in [3.63, 3.8) is 0 Å². The fraction of sp³-hybridized carbons (Fsp3) is 0.273. The van der Waals surface area contributed by atoms with Crippen LogP contribution in [0.4, 0.5) is 23.7 Å². The molecule has 0 bridgehead atoms. The molecule has 0 aliphatic carbocycles. The van der Waals surface area contributed by atoms with Crippen LogP contribution < -0.4 is 10.2 Å². The summed E-state index contributed by atoms with van der Waals surface area (Å²) in [6, 6.07) is 6.87. The fourth-order valence-electron chi connectivity index (χ4n) is 3.80. The van der Waals surface area contributed by atoms with E-state index in [-0.39, 0.29) is 17.5 Å². The molecule has 2 aliphatic heterocycles. The summed E-state index contributed by atoms with van der Waals surface area (Å²) in [7, 11) is 0. The zero-order chi connectivity index (χ0) is 21.5. The summed E-state index contributed by atoms with van der Waals surface area (Å²) in [5, 5.41) is 3.13. The maximum atomic E-state index is 14.8. The third-order valence-corrected chi connectivity index (χ3v) is 5.33. The van der Waals surface area contributed by atoms with Crippen LogP contribution in [0.3, 0.4) is 0 Å². The third-order valence-electron chi connectivity index (χ3n) is 5.33. The minimum absolute atomic E-state index is 0.0408. The SMILES string of the molecule is CC12CNCCN1C(=O)N(c1c(F)cc(C#Cc3ccccc3F)cc1F)C(=O)C2. The molecule has 0 saturated carbocycles. The number of urea groups is 1. The third kappa shape index (κ3) is 3.42. The number of halogens is 3. The van der Waals surface area contributed by atoms with Gasteiger partial charge in [-0.1, -0.05) is 24.0 Å². The van der Waals surface area contributed by atoms with E-state index >= 15 is 0 Å². The molecule has 154 valence electrons. The Morgan fingerprint density at radius 2 is 1.73 bits per heavy atom. The second-order valence-electron chi connectivity index (χ2n) is 7.53. The highest BCUT2D eigenvalue weighted by Crippen LogP contribution is 2.34. The Hall–Kier alpha value is -3.31. The molecule has 2 fully saturated rings. The minimum atomic E-state index is -1.09. The van der Waals surface area contributed by atoms with Gasteiger partial charge in [-0.3, -0.25) is 4.79 Å². The normalized spacial score (nSPS) is 21.2. The summed E-state index contributed by atoms with van der Waals surface area (Å²) in [6.07, 6.45) is -0.0561. The predicted octanol–water partition coefficient (Wildman–Crippen LogP) is 3.02. The van der Waals surface area contributed by atoms with Crippen LogP contribution in [0.2, 0.25) is 0 Å². The number of imide groups is 1. The first-order valence-electron chi connectivity index (χ1n) is 9.41. The van der Waals surface area contributed by atoms with E-state index < -0.39 is 40.6 Å². The Morgan fingerprint density at radius 1 is 1.03 bits per heavy atom. The highest BCUT2D eigenvalue weighted by atomic mass is 19.1. The first kappa shape index (κ1) is 20.0. The molecule has 1 N–H and O–H groups in total. The summed E-state index contributed by atoms with van der Waals surface area (Å²) >= 11 is 0. The smallest absolute Gasteiger partial charge is 0.316 e. The number of fused-ring (bicyclic) bond motifs is 1. The molecule has 0 radical (unpaired) electrons. The predicted molar refractivity (Wildman–Crippen MR) is 104 cm³/mol. The average molecular weight is 413 g/mol. The van der Waals surface area contributed by atoms with Crippen LogP contribution >= 0.6 is 0 Å². The lowest BCUT2D eigenvalue weighted by molar-refractivity contribution is -0.122. The number of nitrogens with zero attached hydrogens (tertiary/aromatic N) is 2. The number of piperazine rings is 1. The minimum Gasteiger partial charge on any atom is -0.316 e. The molecule has 30 heavy (non-hydrogen) atoms. The molecule has 5 nitrogen and oxygen atoms in total. The van der Waals surface area contributed by atoms with Crippen molar-refractivity contribution >= 4 is 17.6 Å². The number of anilines is 1. The lowest BCUT2D eigenvalue weighted by atomic mass is 9.90. The summed E-state index contributed by atoms with van der Waals surface area (Å²) in [4.78, 5) is 27.6. The molecule has 2 heterocycles. The summed E-state index contributed by atoms with van der Waals surface area (Å²) in [5.74, 6) is 1.63. The van der Waals surface area contributed by atoms with Crippen molar-refractivity contribution in [1.82, 2.24) is 10.2 Å². The monoisotopic (exact) mass is 413 g/mol.